The number of rotatable bonds is 4. The number of likely N-dealkylation sites (N-methyl/N-ethyl adjacent to an activating group) is 1. The minimum Gasteiger partial charge on any atom is -0.457 e. The van der Waals surface area contributed by atoms with E-state index in [1.54, 1.807) is 26.2 Å². The molecule has 5 heteroatoms. The summed E-state index contributed by atoms with van der Waals surface area (Å²) >= 11 is 0. The third-order valence-electron chi connectivity index (χ3n) is 4.92. The molecule has 0 aliphatic carbocycles. The summed E-state index contributed by atoms with van der Waals surface area (Å²) in [6.07, 6.45) is -1.01. The van der Waals surface area contributed by atoms with Gasteiger partial charge in [0.2, 0.25) is 6.10 Å². The fraction of sp³-hybridized carbons (Fsp3) is 0.167. The third-order valence-corrected chi connectivity index (χ3v) is 4.92. The first-order valence-corrected chi connectivity index (χ1v) is 9.38. The Hall–Kier alpha value is -3.60. The second-order valence-electron chi connectivity index (χ2n) is 7.07. The Labute approximate surface area is 169 Å². The summed E-state index contributed by atoms with van der Waals surface area (Å²) in [5.74, 6) is -0.223. The van der Waals surface area contributed by atoms with Gasteiger partial charge in [-0.2, -0.15) is 0 Å². The van der Waals surface area contributed by atoms with Crippen molar-refractivity contribution in [2.45, 2.75) is 12.0 Å². The second kappa shape index (κ2) is 7.80. The molecule has 1 aliphatic rings. The summed E-state index contributed by atoms with van der Waals surface area (Å²) in [5.41, 5.74) is 2.08. The number of fused-ring (bicyclic) bond motifs is 2. The van der Waals surface area contributed by atoms with E-state index in [9.17, 15) is 9.59 Å². The molecule has 5 nitrogen and oxygen atoms in total. The van der Waals surface area contributed by atoms with E-state index in [0.717, 1.165) is 11.1 Å². The van der Waals surface area contributed by atoms with Crippen LogP contribution in [0.1, 0.15) is 28.7 Å². The molecule has 1 aliphatic heterocycles. The highest BCUT2D eigenvalue weighted by atomic mass is 16.5. The van der Waals surface area contributed by atoms with Gasteiger partial charge in [-0.25, -0.2) is 0 Å². The summed E-state index contributed by atoms with van der Waals surface area (Å²) in [6.45, 7) is 0. The van der Waals surface area contributed by atoms with E-state index < -0.39 is 18.0 Å². The van der Waals surface area contributed by atoms with Crippen molar-refractivity contribution in [1.82, 2.24) is 4.90 Å². The molecule has 0 radical (unpaired) electrons. The standard InChI is InChI=1S/C24H21NO4/c1-25(2)23(26)22(16-10-4-3-5-11-16)29-24(27)21-17-12-6-8-14-19(17)28-20-15-9-7-13-18(20)21/h3-15,21-22H,1-2H3/t22-/m1/s1. The van der Waals surface area contributed by atoms with Crippen LogP contribution in [0.5, 0.6) is 11.5 Å². The number of benzene rings is 3. The number of carbonyl (C=O) groups is 2. The Morgan fingerprint density at radius 1 is 0.828 bits per heavy atom. The summed E-state index contributed by atoms with van der Waals surface area (Å²) in [4.78, 5) is 27.6. The molecule has 3 aromatic rings. The number of nitrogens with zero attached hydrogens (tertiary/aromatic N) is 1. The zero-order valence-electron chi connectivity index (χ0n) is 16.2. The fourth-order valence-electron chi connectivity index (χ4n) is 3.47. The van der Waals surface area contributed by atoms with Crippen molar-refractivity contribution in [3.8, 4) is 11.5 Å². The van der Waals surface area contributed by atoms with Crippen LogP contribution in [0, 0.1) is 0 Å². The minimum absolute atomic E-state index is 0.293. The van der Waals surface area contributed by atoms with Gasteiger partial charge in [-0.15, -0.1) is 0 Å². The monoisotopic (exact) mass is 387 g/mol. The Kier molecular flexibility index (Phi) is 5.04. The van der Waals surface area contributed by atoms with Crippen molar-refractivity contribution in [3.63, 3.8) is 0 Å². The number of para-hydroxylation sites is 2. The molecule has 1 atom stereocenters. The van der Waals surface area contributed by atoms with Crippen LogP contribution >= 0.6 is 0 Å². The number of amides is 1. The van der Waals surface area contributed by atoms with Crippen molar-refractivity contribution in [1.29, 1.82) is 0 Å². The Morgan fingerprint density at radius 2 is 1.34 bits per heavy atom. The van der Waals surface area contributed by atoms with Gasteiger partial charge < -0.3 is 14.4 Å². The quantitative estimate of drug-likeness (QED) is 0.627. The van der Waals surface area contributed by atoms with Crippen LogP contribution in [-0.2, 0) is 14.3 Å². The molecule has 29 heavy (non-hydrogen) atoms. The van der Waals surface area contributed by atoms with Crippen LogP contribution < -0.4 is 4.74 Å². The van der Waals surface area contributed by atoms with Gasteiger partial charge in [-0.05, 0) is 12.1 Å². The van der Waals surface area contributed by atoms with E-state index in [2.05, 4.69) is 0 Å². The van der Waals surface area contributed by atoms with Gasteiger partial charge in [0, 0.05) is 30.8 Å². The highest BCUT2D eigenvalue weighted by Gasteiger charge is 2.36. The number of carbonyl (C=O) groups excluding carboxylic acids is 2. The molecule has 146 valence electrons. The molecule has 1 amide bonds. The number of hydrogen-bond donors (Lipinski definition) is 0. The van der Waals surface area contributed by atoms with E-state index in [0.29, 0.717) is 17.1 Å². The number of hydrogen-bond acceptors (Lipinski definition) is 4. The van der Waals surface area contributed by atoms with Crippen molar-refractivity contribution in [3.05, 3.63) is 95.6 Å². The minimum atomic E-state index is -1.01. The van der Waals surface area contributed by atoms with E-state index in [4.69, 9.17) is 9.47 Å². The van der Waals surface area contributed by atoms with Crippen molar-refractivity contribution in [2.75, 3.05) is 14.1 Å². The van der Waals surface area contributed by atoms with E-state index in [1.165, 1.54) is 4.90 Å². The van der Waals surface area contributed by atoms with Gasteiger partial charge in [-0.1, -0.05) is 66.7 Å². The fourth-order valence-corrected chi connectivity index (χ4v) is 3.47. The third kappa shape index (κ3) is 3.59. The van der Waals surface area contributed by atoms with Gasteiger partial charge in [0.1, 0.15) is 17.4 Å². The average molecular weight is 387 g/mol. The molecule has 3 aromatic carbocycles. The first-order chi connectivity index (χ1) is 14.1. The number of ether oxygens (including phenoxy) is 2. The van der Waals surface area contributed by atoms with Crippen LogP contribution in [0.2, 0.25) is 0 Å². The molecule has 0 saturated carbocycles. The lowest BCUT2D eigenvalue weighted by molar-refractivity contribution is -0.160. The summed E-state index contributed by atoms with van der Waals surface area (Å²) in [5, 5.41) is 0. The lowest BCUT2D eigenvalue weighted by atomic mass is 9.88. The van der Waals surface area contributed by atoms with Crippen molar-refractivity contribution in [2.24, 2.45) is 0 Å². The topological polar surface area (TPSA) is 55.8 Å². The maximum Gasteiger partial charge on any atom is 0.319 e. The first-order valence-electron chi connectivity index (χ1n) is 9.38. The van der Waals surface area contributed by atoms with Gasteiger partial charge in [0.15, 0.2) is 0 Å². The van der Waals surface area contributed by atoms with E-state index in [-0.39, 0.29) is 5.91 Å². The van der Waals surface area contributed by atoms with Crippen molar-refractivity contribution >= 4 is 11.9 Å². The lowest BCUT2D eigenvalue weighted by Crippen LogP contribution is -2.33. The summed E-state index contributed by atoms with van der Waals surface area (Å²) in [6, 6.07) is 23.8. The van der Waals surface area contributed by atoms with E-state index >= 15 is 0 Å². The SMILES string of the molecule is CN(C)C(=O)[C@H](OC(=O)C1c2ccccc2Oc2ccccc21)c1ccccc1. The Balaban J connectivity index is 1.73. The molecule has 0 bridgehead atoms. The largest absolute Gasteiger partial charge is 0.457 e. The molecule has 0 aromatic heterocycles. The molecule has 1 heterocycles. The molecular formula is C24H21NO4. The summed E-state index contributed by atoms with van der Waals surface area (Å²) < 4.78 is 11.8. The summed E-state index contributed by atoms with van der Waals surface area (Å²) in [7, 11) is 3.29. The van der Waals surface area contributed by atoms with E-state index in [1.807, 2.05) is 66.7 Å². The number of esters is 1. The van der Waals surface area contributed by atoms with Crippen LogP contribution in [0.15, 0.2) is 78.9 Å². The molecule has 0 fully saturated rings. The van der Waals surface area contributed by atoms with Gasteiger partial charge in [0.25, 0.3) is 5.91 Å². The van der Waals surface area contributed by atoms with Crippen LogP contribution in [0.4, 0.5) is 0 Å². The van der Waals surface area contributed by atoms with Crippen LogP contribution in [0.3, 0.4) is 0 Å². The Bertz CT molecular complexity index is 1000. The van der Waals surface area contributed by atoms with Crippen LogP contribution in [0.25, 0.3) is 0 Å². The zero-order valence-corrected chi connectivity index (χ0v) is 16.2. The maximum atomic E-state index is 13.4. The lowest BCUT2D eigenvalue weighted by Gasteiger charge is -2.29. The first kappa shape index (κ1) is 18.7. The molecule has 4 rings (SSSR count). The molecule has 0 spiro atoms. The highest BCUT2D eigenvalue weighted by Crippen LogP contribution is 2.44. The predicted molar refractivity (Wildman–Crippen MR) is 109 cm³/mol. The van der Waals surface area contributed by atoms with Gasteiger partial charge in [0.05, 0.1) is 0 Å². The smallest absolute Gasteiger partial charge is 0.319 e. The highest BCUT2D eigenvalue weighted by molar-refractivity contribution is 5.89. The maximum absolute atomic E-state index is 13.4. The van der Waals surface area contributed by atoms with Gasteiger partial charge >= 0.3 is 5.97 Å². The Morgan fingerprint density at radius 3 is 1.90 bits per heavy atom. The normalized spacial score (nSPS) is 13.4. The molecule has 0 unspecified atom stereocenters. The second-order valence-corrected chi connectivity index (χ2v) is 7.07. The van der Waals surface area contributed by atoms with Crippen molar-refractivity contribution < 1.29 is 19.1 Å². The van der Waals surface area contributed by atoms with Crippen LogP contribution in [-0.4, -0.2) is 30.9 Å². The molecule has 0 saturated heterocycles. The molecular weight excluding hydrogens is 366 g/mol. The average Bonchev–Trinajstić information content (AvgIpc) is 2.75. The molecule has 0 N–H and O–H groups in total. The predicted octanol–water partition coefficient (Wildman–Crippen LogP) is 4.30. The zero-order chi connectivity index (χ0) is 20.4. The van der Waals surface area contributed by atoms with Gasteiger partial charge in [-0.3, -0.25) is 9.59 Å².